The maximum atomic E-state index is 14.1. The van der Waals surface area contributed by atoms with Crippen LogP contribution in [-0.2, 0) is 22.2 Å². The third-order valence-corrected chi connectivity index (χ3v) is 10.7. The van der Waals surface area contributed by atoms with Crippen molar-refractivity contribution in [1.82, 2.24) is 34.4 Å². The molecule has 0 saturated carbocycles. The molecule has 0 aliphatic carbocycles. The summed E-state index contributed by atoms with van der Waals surface area (Å²) >= 11 is 6.14. The second-order valence-electron chi connectivity index (χ2n) is 13.7. The Hall–Kier alpha value is -3.88. The van der Waals surface area contributed by atoms with Crippen LogP contribution in [0.2, 0.25) is 5.02 Å². The first-order valence-corrected chi connectivity index (χ1v) is 17.6. The number of nitrogens with two attached hydrogens (primary N) is 1. The highest BCUT2D eigenvalue weighted by atomic mass is 35.5. The van der Waals surface area contributed by atoms with Crippen molar-refractivity contribution in [3.05, 3.63) is 69.1 Å². The number of nitrogen functional groups attached to an aromatic ring is 1. The number of amides is 2. The number of anilines is 1. The summed E-state index contributed by atoms with van der Waals surface area (Å²) in [6, 6.07) is 11.8. The third-order valence-electron chi connectivity index (χ3n) is 10.4. The van der Waals surface area contributed by atoms with Gasteiger partial charge in [0.05, 0.1) is 28.2 Å². The molecule has 0 unspecified atom stereocenters. The number of piperazine rings is 1. The average molecular weight is 717 g/mol. The predicted octanol–water partition coefficient (Wildman–Crippen LogP) is 4.14. The zero-order chi connectivity index (χ0) is 35.6. The van der Waals surface area contributed by atoms with Crippen molar-refractivity contribution in [3.8, 4) is 11.4 Å². The number of hydrogen-bond acceptors (Lipinski definition) is 7. The first-order valence-electron chi connectivity index (χ1n) is 17.3. The molecule has 1 aromatic heterocycles. The molecule has 0 radical (unpaired) electrons. The number of nitrogens with zero attached hydrogens (tertiary/aromatic N) is 6. The second kappa shape index (κ2) is 15.2. The van der Waals surface area contributed by atoms with Gasteiger partial charge in [-0.1, -0.05) is 41.9 Å². The number of aromatic nitrogens is 3. The Balaban J connectivity index is 1.14. The summed E-state index contributed by atoms with van der Waals surface area (Å²) in [5, 5.41) is 4.27. The van der Waals surface area contributed by atoms with Gasteiger partial charge in [0, 0.05) is 70.4 Å². The lowest BCUT2D eigenvalue weighted by atomic mass is 9.91. The number of carbonyl (C=O) groups excluding carboxylic acids is 2. The zero-order valence-electron chi connectivity index (χ0n) is 28.2. The number of rotatable bonds is 8. The summed E-state index contributed by atoms with van der Waals surface area (Å²) in [6.07, 6.45) is -2.40. The summed E-state index contributed by atoms with van der Waals surface area (Å²) in [5.74, 6) is -0.919. The number of aromatic amines is 1. The Morgan fingerprint density at radius 3 is 2.20 bits per heavy atom. The van der Waals surface area contributed by atoms with Crippen LogP contribution in [0.3, 0.4) is 0 Å². The minimum Gasteiger partial charge on any atom is -0.397 e. The number of hydrogen-bond donors (Lipinski definition) is 2. The van der Waals surface area contributed by atoms with Gasteiger partial charge in [-0.3, -0.25) is 19.5 Å². The molecular formula is C35H44ClF3N8O3. The van der Waals surface area contributed by atoms with E-state index < -0.39 is 23.3 Å². The number of likely N-dealkylation sites (N-methyl/N-ethyl adjacent to an activating group) is 1. The van der Waals surface area contributed by atoms with E-state index in [2.05, 4.69) is 26.9 Å². The van der Waals surface area contributed by atoms with Gasteiger partial charge in [0.15, 0.2) is 5.82 Å². The summed E-state index contributed by atoms with van der Waals surface area (Å²) in [4.78, 5) is 51.6. The Labute approximate surface area is 294 Å². The smallest absolute Gasteiger partial charge is 0.397 e. The normalized spacial score (nSPS) is 19.5. The molecule has 2 aromatic carbocycles. The van der Waals surface area contributed by atoms with Gasteiger partial charge in [-0.15, -0.1) is 5.10 Å². The molecule has 3 aromatic rings. The highest BCUT2D eigenvalue weighted by Crippen LogP contribution is 2.38. The van der Waals surface area contributed by atoms with Crippen molar-refractivity contribution in [2.24, 2.45) is 5.92 Å². The fourth-order valence-electron chi connectivity index (χ4n) is 7.46. The number of piperidine rings is 2. The van der Waals surface area contributed by atoms with E-state index in [4.69, 9.17) is 17.3 Å². The number of halogens is 4. The zero-order valence-corrected chi connectivity index (χ0v) is 28.9. The lowest BCUT2D eigenvalue weighted by molar-refractivity contribution is -0.143. The van der Waals surface area contributed by atoms with E-state index in [1.165, 1.54) is 10.7 Å². The van der Waals surface area contributed by atoms with Crippen molar-refractivity contribution in [1.29, 1.82) is 0 Å². The predicted molar refractivity (Wildman–Crippen MR) is 184 cm³/mol. The van der Waals surface area contributed by atoms with Crippen LogP contribution in [0.1, 0.15) is 49.3 Å². The highest BCUT2D eigenvalue weighted by molar-refractivity contribution is 6.33. The Bertz CT molecular complexity index is 1710. The van der Waals surface area contributed by atoms with E-state index in [-0.39, 0.29) is 47.0 Å². The van der Waals surface area contributed by atoms with Crippen LogP contribution in [0, 0.1) is 5.92 Å². The summed E-state index contributed by atoms with van der Waals surface area (Å²) < 4.78 is 42.9. The highest BCUT2D eigenvalue weighted by Gasteiger charge is 2.37. The van der Waals surface area contributed by atoms with E-state index >= 15 is 0 Å². The largest absolute Gasteiger partial charge is 0.418 e. The quantitative estimate of drug-likeness (QED) is 0.336. The van der Waals surface area contributed by atoms with Crippen LogP contribution in [-0.4, -0.2) is 112 Å². The second-order valence-corrected chi connectivity index (χ2v) is 14.1. The SMILES string of the molecule is CN1CCN(C2CCN(C(=O)[C@H](CC(=O)N3CCC(n4nc(-c5ccccc5)[nH]c4=O)CC3)Cc3cc(Cl)c(N)c(C(F)(F)F)c3)CC2)CC1. The summed E-state index contributed by atoms with van der Waals surface area (Å²) in [6.45, 7) is 5.70. The Morgan fingerprint density at radius 1 is 0.940 bits per heavy atom. The van der Waals surface area contributed by atoms with Gasteiger partial charge in [-0.05, 0) is 56.8 Å². The number of alkyl halides is 3. The molecular weight excluding hydrogens is 673 g/mol. The van der Waals surface area contributed by atoms with Crippen LogP contribution in [0.25, 0.3) is 11.4 Å². The number of likely N-dealkylation sites (tertiary alicyclic amines) is 2. The van der Waals surface area contributed by atoms with E-state index in [1.54, 1.807) is 9.80 Å². The first-order chi connectivity index (χ1) is 23.9. The van der Waals surface area contributed by atoms with Gasteiger partial charge >= 0.3 is 11.9 Å². The molecule has 50 heavy (non-hydrogen) atoms. The Kier molecular flexibility index (Phi) is 10.9. The molecule has 3 aliphatic rings. The molecule has 3 aliphatic heterocycles. The number of benzene rings is 2. The number of nitrogens with one attached hydrogen (secondary N) is 1. The van der Waals surface area contributed by atoms with Gasteiger partial charge in [0.25, 0.3) is 0 Å². The van der Waals surface area contributed by atoms with Crippen molar-refractivity contribution in [2.45, 2.75) is 56.8 Å². The van der Waals surface area contributed by atoms with Gasteiger partial charge in [0.2, 0.25) is 11.8 Å². The Morgan fingerprint density at radius 2 is 1.56 bits per heavy atom. The number of H-pyrrole nitrogens is 1. The van der Waals surface area contributed by atoms with Crippen molar-refractivity contribution >= 4 is 29.1 Å². The lowest BCUT2D eigenvalue weighted by Crippen LogP contribution is -2.53. The van der Waals surface area contributed by atoms with E-state index in [1.807, 2.05) is 30.3 Å². The van der Waals surface area contributed by atoms with Crippen LogP contribution < -0.4 is 11.4 Å². The van der Waals surface area contributed by atoms with Crippen molar-refractivity contribution < 1.29 is 22.8 Å². The van der Waals surface area contributed by atoms with Gasteiger partial charge in [0.1, 0.15) is 0 Å². The molecule has 270 valence electrons. The molecule has 11 nitrogen and oxygen atoms in total. The molecule has 3 saturated heterocycles. The molecule has 4 heterocycles. The molecule has 1 atom stereocenters. The van der Waals surface area contributed by atoms with Crippen molar-refractivity contribution in [3.63, 3.8) is 0 Å². The molecule has 2 amide bonds. The fourth-order valence-corrected chi connectivity index (χ4v) is 7.71. The lowest BCUT2D eigenvalue weighted by Gasteiger charge is -2.42. The van der Waals surface area contributed by atoms with Gasteiger partial charge in [-0.2, -0.15) is 13.2 Å². The molecule has 15 heteroatoms. The summed E-state index contributed by atoms with van der Waals surface area (Å²) in [5.41, 5.74) is 4.71. The third kappa shape index (κ3) is 8.18. The molecule has 3 fully saturated rings. The molecule has 3 N–H and O–H groups in total. The maximum absolute atomic E-state index is 14.1. The first kappa shape index (κ1) is 35.9. The van der Waals surface area contributed by atoms with Crippen LogP contribution in [0.15, 0.2) is 47.3 Å². The standard InChI is InChI=1S/C35H44ClF3N8O3/c1-43-15-17-44(18-16-43)26-7-13-46(14-8-26)33(49)25(19-23-20-28(35(37,38)39)31(40)29(36)21-23)22-30(48)45-11-9-27(10-12-45)47-34(50)41-32(42-47)24-5-3-2-4-6-24/h2-6,20-21,25-27H,7-19,22,40H2,1H3,(H,41,42,50)/t25-/m0/s1. The topological polar surface area (TPSA) is 124 Å². The van der Waals surface area contributed by atoms with Crippen LogP contribution in [0.5, 0.6) is 0 Å². The van der Waals surface area contributed by atoms with Crippen LogP contribution >= 0.6 is 11.6 Å². The number of carbonyl (C=O) groups is 2. The minimum absolute atomic E-state index is 0.0898. The maximum Gasteiger partial charge on any atom is 0.418 e. The average Bonchev–Trinajstić information content (AvgIpc) is 3.50. The monoisotopic (exact) mass is 716 g/mol. The van der Waals surface area contributed by atoms with E-state index in [9.17, 15) is 27.6 Å². The molecule has 0 spiro atoms. The minimum atomic E-state index is -4.73. The summed E-state index contributed by atoms with van der Waals surface area (Å²) in [7, 11) is 2.11. The molecule has 6 rings (SSSR count). The fraction of sp³-hybridized carbons (Fsp3) is 0.543. The molecule has 0 bridgehead atoms. The van der Waals surface area contributed by atoms with Crippen molar-refractivity contribution in [2.75, 3.05) is 65.1 Å². The van der Waals surface area contributed by atoms with E-state index in [0.717, 1.165) is 50.7 Å². The van der Waals surface area contributed by atoms with Crippen LogP contribution in [0.4, 0.5) is 18.9 Å². The van der Waals surface area contributed by atoms with Gasteiger partial charge in [-0.25, -0.2) is 9.48 Å². The van der Waals surface area contributed by atoms with Gasteiger partial charge < -0.3 is 20.4 Å². The van der Waals surface area contributed by atoms with E-state index in [0.29, 0.717) is 50.9 Å².